The van der Waals surface area contributed by atoms with E-state index in [1.54, 1.807) is 0 Å². The van der Waals surface area contributed by atoms with Crippen LogP contribution in [0.2, 0.25) is 0 Å². The molecule has 2 aliphatic rings. The molecule has 2 saturated carbocycles. The highest BCUT2D eigenvalue weighted by atomic mass is 19.3. The topological polar surface area (TPSA) is 9.23 Å². The predicted molar refractivity (Wildman–Crippen MR) is 96.8 cm³/mol. The fourth-order valence-corrected chi connectivity index (χ4v) is 4.73. The van der Waals surface area contributed by atoms with Crippen LogP contribution < -0.4 is 0 Å². The Kier molecular flexibility index (Phi) is 8.24. The van der Waals surface area contributed by atoms with Crippen LogP contribution in [0.5, 0.6) is 0 Å². The van der Waals surface area contributed by atoms with Gasteiger partial charge in [0.1, 0.15) is 12.3 Å². The number of hydrogen-bond donors (Lipinski definition) is 0. The fraction of sp³-hybridized carbons (Fsp3) is 1.00. The van der Waals surface area contributed by atoms with E-state index in [2.05, 4.69) is 6.92 Å². The summed E-state index contributed by atoms with van der Waals surface area (Å²) >= 11 is 0. The molecule has 2 rings (SSSR count). The van der Waals surface area contributed by atoms with E-state index < -0.39 is 30.5 Å². The third-order valence-corrected chi connectivity index (χ3v) is 6.68. The van der Waals surface area contributed by atoms with E-state index in [4.69, 9.17) is 4.74 Å². The van der Waals surface area contributed by atoms with Crippen molar-refractivity contribution >= 4 is 0 Å². The van der Waals surface area contributed by atoms with Gasteiger partial charge in [0.2, 0.25) is 0 Å². The van der Waals surface area contributed by atoms with Crippen molar-refractivity contribution in [3.05, 3.63) is 0 Å². The molecule has 0 spiro atoms. The largest absolute Gasteiger partial charge is 0.358 e. The molecule has 3 unspecified atom stereocenters. The summed E-state index contributed by atoms with van der Waals surface area (Å²) in [6.45, 7) is 4.97. The fourth-order valence-electron chi connectivity index (χ4n) is 4.73. The van der Waals surface area contributed by atoms with Crippen molar-refractivity contribution < 1.29 is 22.3 Å². The molecule has 0 aliphatic heterocycles. The molecule has 0 heterocycles. The van der Waals surface area contributed by atoms with Crippen LogP contribution in [0, 0.1) is 23.7 Å². The summed E-state index contributed by atoms with van der Waals surface area (Å²) in [5, 5.41) is 0. The monoisotopic (exact) mass is 380 g/mol. The van der Waals surface area contributed by atoms with Gasteiger partial charge in [-0.2, -0.15) is 8.78 Å². The molecule has 0 saturated heterocycles. The average Bonchev–Trinajstić information content (AvgIpc) is 2.60. The highest BCUT2D eigenvalue weighted by Crippen LogP contribution is 2.45. The van der Waals surface area contributed by atoms with Crippen LogP contribution >= 0.6 is 0 Å². The minimum Gasteiger partial charge on any atom is -0.317 e. The lowest BCUT2D eigenvalue weighted by molar-refractivity contribution is -0.296. The van der Waals surface area contributed by atoms with Crippen molar-refractivity contribution in [1.29, 1.82) is 0 Å². The lowest BCUT2D eigenvalue weighted by Crippen LogP contribution is -2.38. The standard InChI is InChI=1S/C21H36F4O/c1-14-4-7-17(8-5-14)18-9-11-19(12-10-18)21(24,25)26-15(2)6-13-20(23)16(3)22/h14-20H,4-13H2,1-3H3. The molecule has 0 amide bonds. The van der Waals surface area contributed by atoms with E-state index in [0.29, 0.717) is 24.7 Å². The molecular formula is C21H36F4O. The molecule has 0 aromatic carbocycles. The van der Waals surface area contributed by atoms with Crippen molar-refractivity contribution in [2.75, 3.05) is 0 Å². The summed E-state index contributed by atoms with van der Waals surface area (Å²) in [5.41, 5.74) is 0. The van der Waals surface area contributed by atoms with E-state index in [1.807, 2.05) is 0 Å². The molecule has 0 bridgehead atoms. The summed E-state index contributed by atoms with van der Waals surface area (Å²) in [5.74, 6) is 1.37. The molecule has 5 heteroatoms. The zero-order valence-electron chi connectivity index (χ0n) is 16.5. The van der Waals surface area contributed by atoms with Gasteiger partial charge in [-0.05, 0) is 83.0 Å². The Labute approximate surface area is 156 Å². The normalized spacial score (nSPS) is 34.3. The van der Waals surface area contributed by atoms with Crippen LogP contribution in [-0.2, 0) is 4.74 Å². The molecule has 154 valence electrons. The van der Waals surface area contributed by atoms with Gasteiger partial charge in [-0.15, -0.1) is 0 Å². The molecule has 0 aromatic rings. The molecule has 0 N–H and O–H groups in total. The number of rotatable bonds is 8. The van der Waals surface area contributed by atoms with Crippen LogP contribution in [-0.4, -0.2) is 24.6 Å². The quantitative estimate of drug-likeness (QED) is 0.408. The Balaban J connectivity index is 1.74. The number of alkyl halides is 4. The molecule has 2 aliphatic carbocycles. The predicted octanol–water partition coefficient (Wildman–Crippen LogP) is 7.09. The van der Waals surface area contributed by atoms with Gasteiger partial charge < -0.3 is 4.74 Å². The van der Waals surface area contributed by atoms with Crippen molar-refractivity contribution in [3.63, 3.8) is 0 Å². The third-order valence-electron chi connectivity index (χ3n) is 6.68. The summed E-state index contributed by atoms with van der Waals surface area (Å²) in [6, 6.07) is 0. The summed E-state index contributed by atoms with van der Waals surface area (Å²) in [7, 11) is 0. The van der Waals surface area contributed by atoms with Crippen LogP contribution in [0.4, 0.5) is 17.6 Å². The average molecular weight is 381 g/mol. The minimum atomic E-state index is -3.17. The molecule has 0 radical (unpaired) electrons. The second-order valence-electron chi connectivity index (χ2n) is 8.89. The first-order valence-corrected chi connectivity index (χ1v) is 10.5. The highest BCUT2D eigenvalue weighted by Gasteiger charge is 2.44. The zero-order chi connectivity index (χ0) is 19.3. The molecular weight excluding hydrogens is 344 g/mol. The van der Waals surface area contributed by atoms with Crippen LogP contribution in [0.1, 0.15) is 85.0 Å². The van der Waals surface area contributed by atoms with Crippen molar-refractivity contribution in [3.8, 4) is 0 Å². The first-order chi connectivity index (χ1) is 12.2. The lowest BCUT2D eigenvalue weighted by Gasteiger charge is -2.39. The molecule has 2 fully saturated rings. The maximum atomic E-state index is 14.5. The van der Waals surface area contributed by atoms with Crippen LogP contribution in [0.3, 0.4) is 0 Å². The highest BCUT2D eigenvalue weighted by molar-refractivity contribution is 4.84. The van der Waals surface area contributed by atoms with Crippen molar-refractivity contribution in [2.24, 2.45) is 23.7 Å². The van der Waals surface area contributed by atoms with E-state index >= 15 is 0 Å². The maximum Gasteiger partial charge on any atom is 0.358 e. The SMILES string of the molecule is CC1CCC(C2CCC(C(F)(F)OC(C)CCC(F)C(C)F)CC2)CC1. The molecule has 26 heavy (non-hydrogen) atoms. The number of hydrogen-bond acceptors (Lipinski definition) is 1. The van der Waals surface area contributed by atoms with Gasteiger partial charge in [0.15, 0.2) is 0 Å². The molecule has 1 nitrogen and oxygen atoms in total. The second-order valence-corrected chi connectivity index (χ2v) is 8.89. The smallest absolute Gasteiger partial charge is 0.317 e. The van der Waals surface area contributed by atoms with E-state index in [-0.39, 0.29) is 12.8 Å². The molecule has 3 atom stereocenters. The Morgan fingerprint density at radius 1 is 0.846 bits per heavy atom. The summed E-state index contributed by atoms with van der Waals surface area (Å²) in [4.78, 5) is 0. The van der Waals surface area contributed by atoms with E-state index in [9.17, 15) is 17.6 Å². The minimum absolute atomic E-state index is 0.0816. The van der Waals surface area contributed by atoms with Gasteiger partial charge in [-0.3, -0.25) is 0 Å². The van der Waals surface area contributed by atoms with E-state index in [1.165, 1.54) is 32.6 Å². The van der Waals surface area contributed by atoms with Crippen molar-refractivity contribution in [2.45, 2.75) is 110 Å². The Bertz CT molecular complexity index is 399. The summed E-state index contributed by atoms with van der Waals surface area (Å²) in [6.07, 6.45) is 0.697. The molecule has 0 aromatic heterocycles. The van der Waals surface area contributed by atoms with E-state index in [0.717, 1.165) is 25.7 Å². The first-order valence-electron chi connectivity index (χ1n) is 10.5. The first kappa shape index (κ1) is 22.0. The lowest BCUT2D eigenvalue weighted by atomic mass is 9.69. The van der Waals surface area contributed by atoms with Gasteiger partial charge in [0, 0.05) is 0 Å². The number of ether oxygens (including phenoxy) is 1. The Morgan fingerprint density at radius 3 is 1.85 bits per heavy atom. The van der Waals surface area contributed by atoms with Gasteiger partial charge in [-0.1, -0.05) is 19.8 Å². The third kappa shape index (κ3) is 6.38. The zero-order valence-corrected chi connectivity index (χ0v) is 16.5. The second kappa shape index (κ2) is 9.75. The number of halogens is 4. The Morgan fingerprint density at radius 2 is 1.35 bits per heavy atom. The van der Waals surface area contributed by atoms with Crippen LogP contribution in [0.15, 0.2) is 0 Å². The van der Waals surface area contributed by atoms with Gasteiger partial charge in [0.25, 0.3) is 0 Å². The Hall–Kier alpha value is -0.320. The van der Waals surface area contributed by atoms with Gasteiger partial charge in [0.05, 0.1) is 12.0 Å². The van der Waals surface area contributed by atoms with Crippen LogP contribution in [0.25, 0.3) is 0 Å². The van der Waals surface area contributed by atoms with Gasteiger partial charge >= 0.3 is 6.11 Å². The summed E-state index contributed by atoms with van der Waals surface area (Å²) < 4.78 is 60.0. The van der Waals surface area contributed by atoms with Gasteiger partial charge in [-0.25, -0.2) is 8.78 Å². The van der Waals surface area contributed by atoms with Crippen molar-refractivity contribution in [1.82, 2.24) is 0 Å². The maximum absolute atomic E-state index is 14.5.